The van der Waals surface area contributed by atoms with E-state index >= 15 is 0 Å². The highest BCUT2D eigenvalue weighted by Crippen LogP contribution is 2.37. The molecule has 4 nitrogen and oxygen atoms in total. The molecule has 0 amide bonds. The van der Waals surface area contributed by atoms with Gasteiger partial charge in [-0.25, -0.2) is 9.18 Å². The van der Waals surface area contributed by atoms with E-state index in [1.54, 1.807) is 30.3 Å². The molecule has 2 aromatic rings. The normalized spacial score (nSPS) is 10.4. The lowest BCUT2D eigenvalue weighted by molar-refractivity contribution is -0.136. The van der Waals surface area contributed by atoms with Gasteiger partial charge in [-0.15, -0.1) is 6.42 Å². The molecule has 0 saturated carbocycles. The molecule has 6 heteroatoms. The van der Waals surface area contributed by atoms with Crippen LogP contribution in [0.4, 0.5) is 4.39 Å². The van der Waals surface area contributed by atoms with E-state index in [9.17, 15) is 9.18 Å². The van der Waals surface area contributed by atoms with Crippen molar-refractivity contribution < 1.29 is 23.4 Å². The van der Waals surface area contributed by atoms with Gasteiger partial charge in [0.1, 0.15) is 12.4 Å². The van der Waals surface area contributed by atoms with Crippen LogP contribution in [0.25, 0.3) is 6.08 Å². The number of terminal acetylenes is 1. The number of rotatable bonds is 7. The van der Waals surface area contributed by atoms with Crippen molar-refractivity contribution in [3.05, 3.63) is 63.9 Å². The minimum Gasteiger partial charge on any atom is -0.493 e. The van der Waals surface area contributed by atoms with Crippen molar-refractivity contribution in [1.82, 2.24) is 0 Å². The Morgan fingerprint density at radius 3 is 2.69 bits per heavy atom. The summed E-state index contributed by atoms with van der Waals surface area (Å²) in [6.07, 6.45) is 7.88. The second-order valence-corrected chi connectivity index (χ2v) is 5.95. The lowest BCUT2D eigenvalue weighted by atomic mass is 10.2. The Morgan fingerprint density at radius 1 is 1.31 bits per heavy atom. The smallest absolute Gasteiger partial charge is 0.331 e. The van der Waals surface area contributed by atoms with E-state index in [1.165, 1.54) is 25.3 Å². The molecule has 0 spiro atoms. The van der Waals surface area contributed by atoms with Crippen molar-refractivity contribution in [3.8, 4) is 23.8 Å². The SMILES string of the molecule is C#CCOC(=O)/C=C/c1cc(Br)c(OCc2ccc(F)cc2)c(OC)c1. The molecule has 0 N–H and O–H groups in total. The number of carbonyl (C=O) groups is 1. The largest absolute Gasteiger partial charge is 0.493 e. The Morgan fingerprint density at radius 2 is 2.04 bits per heavy atom. The molecule has 0 aliphatic carbocycles. The summed E-state index contributed by atoms with van der Waals surface area (Å²) in [7, 11) is 1.52. The first kappa shape index (κ1) is 19.5. The van der Waals surface area contributed by atoms with Gasteiger partial charge in [0.25, 0.3) is 0 Å². The second-order valence-electron chi connectivity index (χ2n) is 5.09. The van der Waals surface area contributed by atoms with Crippen molar-refractivity contribution in [2.24, 2.45) is 0 Å². The van der Waals surface area contributed by atoms with Crippen LogP contribution in [0, 0.1) is 18.2 Å². The quantitative estimate of drug-likeness (QED) is 0.380. The van der Waals surface area contributed by atoms with E-state index in [2.05, 4.69) is 21.9 Å². The van der Waals surface area contributed by atoms with Crippen LogP contribution in [-0.4, -0.2) is 19.7 Å². The number of carbonyl (C=O) groups excluding carboxylic acids is 1. The number of methoxy groups -OCH3 is 1. The van der Waals surface area contributed by atoms with Gasteiger partial charge in [-0.2, -0.15) is 0 Å². The Hall–Kier alpha value is -2.78. The number of benzene rings is 2. The zero-order valence-corrected chi connectivity index (χ0v) is 15.6. The third-order valence-electron chi connectivity index (χ3n) is 3.26. The van der Waals surface area contributed by atoms with Crippen molar-refractivity contribution in [3.63, 3.8) is 0 Å². The maximum absolute atomic E-state index is 13.0. The van der Waals surface area contributed by atoms with Gasteiger partial charge in [-0.3, -0.25) is 0 Å². The molecule has 0 aliphatic heterocycles. The third kappa shape index (κ3) is 5.64. The summed E-state index contributed by atoms with van der Waals surface area (Å²) in [5, 5.41) is 0. The van der Waals surface area contributed by atoms with Gasteiger partial charge in [0.2, 0.25) is 0 Å². The van der Waals surface area contributed by atoms with Gasteiger partial charge in [0.15, 0.2) is 18.1 Å². The molecular formula is C20H16BrFO4. The topological polar surface area (TPSA) is 44.8 Å². The molecule has 0 aromatic heterocycles. The summed E-state index contributed by atoms with van der Waals surface area (Å²) in [4.78, 5) is 11.5. The molecule has 0 heterocycles. The predicted octanol–water partition coefficient (Wildman–Crippen LogP) is 4.37. The number of esters is 1. The molecule has 0 atom stereocenters. The minimum absolute atomic E-state index is 0.0770. The van der Waals surface area contributed by atoms with Crippen molar-refractivity contribution >= 4 is 28.0 Å². The van der Waals surface area contributed by atoms with Crippen LogP contribution in [0.1, 0.15) is 11.1 Å². The van der Waals surface area contributed by atoms with Gasteiger partial charge in [0, 0.05) is 6.08 Å². The van der Waals surface area contributed by atoms with Crippen LogP contribution < -0.4 is 9.47 Å². The monoisotopic (exact) mass is 418 g/mol. The highest BCUT2D eigenvalue weighted by Gasteiger charge is 2.11. The summed E-state index contributed by atoms with van der Waals surface area (Å²) < 4.78 is 29.5. The molecular weight excluding hydrogens is 403 g/mol. The first-order valence-corrected chi connectivity index (χ1v) is 8.36. The van der Waals surface area contributed by atoms with E-state index in [4.69, 9.17) is 20.6 Å². The maximum atomic E-state index is 13.0. The highest BCUT2D eigenvalue weighted by molar-refractivity contribution is 9.10. The fraction of sp³-hybridized carbons (Fsp3) is 0.150. The fourth-order valence-electron chi connectivity index (χ4n) is 2.04. The van der Waals surface area contributed by atoms with E-state index in [0.29, 0.717) is 21.5 Å². The minimum atomic E-state index is -0.533. The highest BCUT2D eigenvalue weighted by atomic mass is 79.9. The molecule has 0 saturated heterocycles. The number of ether oxygens (including phenoxy) is 3. The summed E-state index contributed by atoms with van der Waals surface area (Å²) >= 11 is 3.43. The van der Waals surface area contributed by atoms with E-state index < -0.39 is 5.97 Å². The first-order chi connectivity index (χ1) is 12.5. The van der Waals surface area contributed by atoms with Gasteiger partial charge >= 0.3 is 5.97 Å². The van der Waals surface area contributed by atoms with Gasteiger partial charge in [0.05, 0.1) is 11.6 Å². The summed E-state index contributed by atoms with van der Waals surface area (Å²) in [6, 6.07) is 9.53. The number of halogens is 2. The zero-order valence-electron chi connectivity index (χ0n) is 14.0. The van der Waals surface area contributed by atoms with Crippen molar-refractivity contribution in [2.45, 2.75) is 6.61 Å². The van der Waals surface area contributed by atoms with E-state index in [1.807, 2.05) is 0 Å². The Labute approximate surface area is 159 Å². The van der Waals surface area contributed by atoms with Gasteiger partial charge in [-0.1, -0.05) is 18.1 Å². The van der Waals surface area contributed by atoms with Crippen LogP contribution in [0.3, 0.4) is 0 Å². The van der Waals surface area contributed by atoms with Crippen LogP contribution in [0.2, 0.25) is 0 Å². The molecule has 0 aliphatic rings. The number of hydrogen-bond acceptors (Lipinski definition) is 4. The van der Waals surface area contributed by atoms with E-state index in [0.717, 1.165) is 5.56 Å². The fourth-order valence-corrected chi connectivity index (χ4v) is 2.61. The Balaban J connectivity index is 2.13. The molecule has 0 fully saturated rings. The van der Waals surface area contributed by atoms with E-state index in [-0.39, 0.29) is 19.0 Å². The van der Waals surface area contributed by atoms with Crippen molar-refractivity contribution in [1.29, 1.82) is 0 Å². The molecule has 2 aromatic carbocycles. The Bertz CT molecular complexity index is 838. The zero-order chi connectivity index (χ0) is 18.9. The Kier molecular flexibility index (Phi) is 7.24. The van der Waals surface area contributed by atoms with Gasteiger partial charge in [-0.05, 0) is 57.4 Å². The van der Waals surface area contributed by atoms with Crippen LogP contribution in [-0.2, 0) is 16.1 Å². The molecule has 0 radical (unpaired) electrons. The summed E-state index contributed by atoms with van der Waals surface area (Å²) in [6.45, 7) is 0.176. The predicted molar refractivity (Wildman–Crippen MR) is 100 cm³/mol. The standard InChI is InChI=1S/C20H16BrFO4/c1-3-10-25-19(23)9-6-15-11-17(21)20(18(12-15)24-2)26-13-14-4-7-16(22)8-5-14/h1,4-9,11-12H,10,13H2,2H3/b9-6+. The molecule has 26 heavy (non-hydrogen) atoms. The second kappa shape index (κ2) is 9.64. The number of hydrogen-bond donors (Lipinski definition) is 0. The third-order valence-corrected chi connectivity index (χ3v) is 3.85. The molecule has 0 bridgehead atoms. The van der Waals surface area contributed by atoms with Crippen LogP contribution in [0.15, 0.2) is 46.9 Å². The summed E-state index contributed by atoms with van der Waals surface area (Å²) in [5.41, 5.74) is 1.53. The van der Waals surface area contributed by atoms with Crippen LogP contribution >= 0.6 is 15.9 Å². The molecule has 2 rings (SSSR count). The average molecular weight is 419 g/mol. The average Bonchev–Trinajstić information content (AvgIpc) is 2.64. The maximum Gasteiger partial charge on any atom is 0.331 e. The molecule has 0 unspecified atom stereocenters. The lowest BCUT2D eigenvalue weighted by Crippen LogP contribution is -2.00. The molecule has 134 valence electrons. The van der Waals surface area contributed by atoms with Crippen molar-refractivity contribution in [2.75, 3.05) is 13.7 Å². The first-order valence-electron chi connectivity index (χ1n) is 7.56. The van der Waals surface area contributed by atoms with Gasteiger partial charge < -0.3 is 14.2 Å². The van der Waals surface area contributed by atoms with Crippen LogP contribution in [0.5, 0.6) is 11.5 Å². The lowest BCUT2D eigenvalue weighted by Gasteiger charge is -2.13. The summed E-state index contributed by atoms with van der Waals surface area (Å²) in [5.74, 6) is 2.37.